The smallest absolute Gasteiger partial charge is 0.232 e. The summed E-state index contributed by atoms with van der Waals surface area (Å²) < 4.78 is 0. The number of amides is 1. The minimum atomic E-state index is -0.00128. The lowest BCUT2D eigenvalue weighted by Crippen LogP contribution is -2.30. The summed E-state index contributed by atoms with van der Waals surface area (Å²) in [4.78, 5) is 12.4. The SMILES string of the molecule is CCNCc1cccc(NC(=O)C2Cc3ccccc32)c1. The Morgan fingerprint density at radius 1 is 1.19 bits per heavy atom. The number of anilines is 1. The summed E-state index contributed by atoms with van der Waals surface area (Å²) in [5.41, 5.74) is 4.51. The topological polar surface area (TPSA) is 41.1 Å². The Hall–Kier alpha value is -2.13. The van der Waals surface area contributed by atoms with Crippen LogP contribution in [0.4, 0.5) is 5.69 Å². The first kappa shape index (κ1) is 13.8. The van der Waals surface area contributed by atoms with Gasteiger partial charge in [-0.2, -0.15) is 0 Å². The van der Waals surface area contributed by atoms with Crippen molar-refractivity contribution in [2.45, 2.75) is 25.8 Å². The van der Waals surface area contributed by atoms with Gasteiger partial charge in [0, 0.05) is 12.2 Å². The minimum absolute atomic E-state index is 0.00128. The molecule has 3 rings (SSSR count). The van der Waals surface area contributed by atoms with Crippen molar-refractivity contribution in [3.05, 3.63) is 65.2 Å². The summed E-state index contributed by atoms with van der Waals surface area (Å²) in [5, 5.41) is 6.33. The zero-order valence-electron chi connectivity index (χ0n) is 12.2. The lowest BCUT2D eigenvalue weighted by Gasteiger charge is -2.28. The highest BCUT2D eigenvalue weighted by molar-refractivity contribution is 5.97. The third-order valence-corrected chi connectivity index (χ3v) is 3.94. The molecule has 1 atom stereocenters. The maximum absolute atomic E-state index is 12.4. The summed E-state index contributed by atoms with van der Waals surface area (Å²) in [7, 11) is 0. The highest BCUT2D eigenvalue weighted by atomic mass is 16.1. The fraction of sp³-hybridized carbons (Fsp3) is 0.278. The standard InChI is InChI=1S/C18H20N2O/c1-2-19-12-13-6-5-8-15(10-13)20-18(21)17-11-14-7-3-4-9-16(14)17/h3-10,17,19H,2,11-12H2,1H3,(H,20,21). The van der Waals surface area contributed by atoms with Gasteiger partial charge in [0.1, 0.15) is 0 Å². The molecule has 21 heavy (non-hydrogen) atoms. The zero-order valence-corrected chi connectivity index (χ0v) is 12.2. The normalized spacial score (nSPS) is 16.0. The van der Waals surface area contributed by atoms with Gasteiger partial charge in [-0.25, -0.2) is 0 Å². The molecule has 2 aromatic rings. The van der Waals surface area contributed by atoms with Gasteiger partial charge in [0.15, 0.2) is 0 Å². The summed E-state index contributed by atoms with van der Waals surface area (Å²) in [6, 6.07) is 16.2. The second-order valence-corrected chi connectivity index (χ2v) is 5.43. The highest BCUT2D eigenvalue weighted by Crippen LogP contribution is 2.35. The Morgan fingerprint density at radius 3 is 2.86 bits per heavy atom. The van der Waals surface area contributed by atoms with Crippen LogP contribution in [0.3, 0.4) is 0 Å². The Labute approximate surface area is 125 Å². The molecule has 0 saturated heterocycles. The molecule has 0 saturated carbocycles. The monoisotopic (exact) mass is 280 g/mol. The van der Waals surface area contributed by atoms with Crippen molar-refractivity contribution in [1.82, 2.24) is 5.32 Å². The van der Waals surface area contributed by atoms with E-state index in [1.54, 1.807) is 0 Å². The average molecular weight is 280 g/mol. The molecule has 0 spiro atoms. The van der Waals surface area contributed by atoms with E-state index in [0.717, 1.165) is 25.2 Å². The number of hydrogen-bond acceptors (Lipinski definition) is 2. The van der Waals surface area contributed by atoms with E-state index in [9.17, 15) is 4.79 Å². The van der Waals surface area contributed by atoms with Crippen LogP contribution < -0.4 is 10.6 Å². The number of hydrogen-bond donors (Lipinski definition) is 2. The van der Waals surface area contributed by atoms with E-state index < -0.39 is 0 Å². The number of nitrogens with one attached hydrogen (secondary N) is 2. The van der Waals surface area contributed by atoms with Crippen LogP contribution in [0.25, 0.3) is 0 Å². The fourth-order valence-corrected chi connectivity index (χ4v) is 2.75. The van der Waals surface area contributed by atoms with E-state index in [0.29, 0.717) is 0 Å². The van der Waals surface area contributed by atoms with Gasteiger partial charge in [-0.05, 0) is 41.8 Å². The zero-order chi connectivity index (χ0) is 14.7. The van der Waals surface area contributed by atoms with Crippen molar-refractivity contribution >= 4 is 11.6 Å². The van der Waals surface area contributed by atoms with Crippen molar-refractivity contribution in [3.63, 3.8) is 0 Å². The van der Waals surface area contributed by atoms with Gasteiger partial charge in [0.2, 0.25) is 5.91 Å². The van der Waals surface area contributed by atoms with Crippen LogP contribution in [0.5, 0.6) is 0 Å². The quantitative estimate of drug-likeness (QED) is 0.883. The first-order chi connectivity index (χ1) is 10.3. The van der Waals surface area contributed by atoms with Gasteiger partial charge in [0.05, 0.1) is 5.92 Å². The van der Waals surface area contributed by atoms with Crippen molar-refractivity contribution in [3.8, 4) is 0 Å². The van der Waals surface area contributed by atoms with Gasteiger partial charge in [-0.3, -0.25) is 4.79 Å². The third kappa shape index (κ3) is 2.98. The lowest BCUT2D eigenvalue weighted by atomic mass is 9.77. The van der Waals surface area contributed by atoms with Crippen LogP contribution in [0.15, 0.2) is 48.5 Å². The molecule has 2 aromatic carbocycles. The summed E-state index contributed by atoms with van der Waals surface area (Å²) in [5.74, 6) is 0.0907. The van der Waals surface area contributed by atoms with E-state index >= 15 is 0 Å². The van der Waals surface area contributed by atoms with E-state index in [-0.39, 0.29) is 11.8 Å². The minimum Gasteiger partial charge on any atom is -0.326 e. The molecule has 1 aliphatic rings. The van der Waals surface area contributed by atoms with E-state index in [4.69, 9.17) is 0 Å². The van der Waals surface area contributed by atoms with Crippen LogP contribution in [0, 0.1) is 0 Å². The van der Waals surface area contributed by atoms with Crippen molar-refractivity contribution in [1.29, 1.82) is 0 Å². The molecule has 2 N–H and O–H groups in total. The van der Waals surface area contributed by atoms with E-state index in [1.807, 2.05) is 36.4 Å². The number of carbonyl (C=O) groups excluding carboxylic acids is 1. The molecule has 0 aliphatic heterocycles. The summed E-state index contributed by atoms with van der Waals surface area (Å²) in [6.45, 7) is 3.85. The van der Waals surface area contributed by atoms with Crippen molar-refractivity contribution < 1.29 is 4.79 Å². The molecule has 0 radical (unpaired) electrons. The molecule has 1 amide bonds. The molecular weight excluding hydrogens is 260 g/mol. The average Bonchev–Trinajstić information content (AvgIpc) is 2.47. The van der Waals surface area contributed by atoms with Crippen LogP contribution in [0.1, 0.15) is 29.5 Å². The van der Waals surface area contributed by atoms with Crippen LogP contribution in [-0.2, 0) is 17.8 Å². The number of carbonyl (C=O) groups is 1. The van der Waals surface area contributed by atoms with Crippen LogP contribution in [0.2, 0.25) is 0 Å². The Kier molecular flexibility index (Phi) is 4.02. The van der Waals surface area contributed by atoms with Gasteiger partial charge < -0.3 is 10.6 Å². The lowest BCUT2D eigenvalue weighted by molar-refractivity contribution is -0.118. The molecule has 0 bridgehead atoms. The first-order valence-electron chi connectivity index (χ1n) is 7.46. The van der Waals surface area contributed by atoms with Gasteiger partial charge in [0.25, 0.3) is 0 Å². The summed E-state index contributed by atoms with van der Waals surface area (Å²) in [6.07, 6.45) is 0.846. The third-order valence-electron chi connectivity index (χ3n) is 3.94. The first-order valence-corrected chi connectivity index (χ1v) is 7.46. The maximum Gasteiger partial charge on any atom is 0.232 e. The number of benzene rings is 2. The number of fused-ring (bicyclic) bond motifs is 1. The Balaban J connectivity index is 1.66. The molecular formula is C18H20N2O. The Morgan fingerprint density at radius 2 is 2.05 bits per heavy atom. The molecule has 1 aliphatic carbocycles. The molecule has 0 fully saturated rings. The molecule has 1 unspecified atom stereocenters. The van der Waals surface area contributed by atoms with Crippen molar-refractivity contribution in [2.24, 2.45) is 0 Å². The Bertz CT molecular complexity index is 651. The van der Waals surface area contributed by atoms with Crippen molar-refractivity contribution in [2.75, 3.05) is 11.9 Å². The van der Waals surface area contributed by atoms with Gasteiger partial charge in [-0.1, -0.05) is 43.3 Å². The number of rotatable bonds is 5. The predicted molar refractivity (Wildman–Crippen MR) is 85.3 cm³/mol. The van der Waals surface area contributed by atoms with Gasteiger partial charge >= 0.3 is 0 Å². The summed E-state index contributed by atoms with van der Waals surface area (Å²) >= 11 is 0. The highest BCUT2D eigenvalue weighted by Gasteiger charge is 2.31. The maximum atomic E-state index is 12.4. The molecule has 3 heteroatoms. The van der Waals surface area contributed by atoms with Crippen LogP contribution in [-0.4, -0.2) is 12.5 Å². The molecule has 3 nitrogen and oxygen atoms in total. The second kappa shape index (κ2) is 6.10. The largest absolute Gasteiger partial charge is 0.326 e. The molecule has 108 valence electrons. The van der Waals surface area contributed by atoms with E-state index in [2.05, 4.69) is 29.7 Å². The molecule has 0 heterocycles. The second-order valence-electron chi connectivity index (χ2n) is 5.43. The molecule has 0 aromatic heterocycles. The van der Waals surface area contributed by atoms with E-state index in [1.165, 1.54) is 16.7 Å². The fourth-order valence-electron chi connectivity index (χ4n) is 2.75. The van der Waals surface area contributed by atoms with Crippen LogP contribution >= 0.6 is 0 Å². The van der Waals surface area contributed by atoms with Gasteiger partial charge in [-0.15, -0.1) is 0 Å². The predicted octanol–water partition coefficient (Wildman–Crippen LogP) is 3.07.